The van der Waals surface area contributed by atoms with Crippen LogP contribution < -0.4 is 14.2 Å². The third-order valence-electron chi connectivity index (χ3n) is 6.05. The molecule has 4 rings (SSSR count). The molecule has 1 atom stereocenters. The highest BCUT2D eigenvalue weighted by Crippen LogP contribution is 2.28. The van der Waals surface area contributed by atoms with E-state index in [-0.39, 0.29) is 17.9 Å². The zero-order valence-electron chi connectivity index (χ0n) is 21.3. The number of benzene rings is 3. The normalized spacial score (nSPS) is 12.0. The molecule has 202 valence electrons. The van der Waals surface area contributed by atoms with Crippen molar-refractivity contribution in [2.24, 2.45) is 0 Å². The summed E-state index contributed by atoms with van der Waals surface area (Å²) in [5, 5.41) is 11.2. The van der Waals surface area contributed by atoms with Crippen LogP contribution in [0.5, 0.6) is 11.5 Å². The Kier molecular flexibility index (Phi) is 8.82. The summed E-state index contributed by atoms with van der Waals surface area (Å²) < 4.78 is 41.2. The molecule has 0 radical (unpaired) electrons. The van der Waals surface area contributed by atoms with E-state index < -0.39 is 22.0 Å². The Morgan fingerprint density at radius 3 is 2.56 bits per heavy atom. The summed E-state index contributed by atoms with van der Waals surface area (Å²) >= 11 is 6.27. The van der Waals surface area contributed by atoms with Crippen molar-refractivity contribution in [3.05, 3.63) is 89.1 Å². The van der Waals surface area contributed by atoms with Gasteiger partial charge in [0.2, 0.25) is 10.0 Å². The second kappa shape index (κ2) is 12.3. The van der Waals surface area contributed by atoms with Gasteiger partial charge in [0.25, 0.3) is 0 Å². The number of fused-ring (bicyclic) bond motifs is 1. The molecule has 0 aliphatic rings. The van der Waals surface area contributed by atoms with Gasteiger partial charge in [0.1, 0.15) is 24.1 Å². The molecule has 39 heavy (non-hydrogen) atoms. The number of methoxy groups -OCH3 is 1. The lowest BCUT2D eigenvalue weighted by Gasteiger charge is -2.15. The summed E-state index contributed by atoms with van der Waals surface area (Å²) in [4.78, 5) is 12.1. The van der Waals surface area contributed by atoms with Crippen LogP contribution in [0.1, 0.15) is 18.1 Å². The van der Waals surface area contributed by atoms with Gasteiger partial charge in [-0.15, -0.1) is 5.92 Å². The minimum atomic E-state index is -4.14. The van der Waals surface area contributed by atoms with Gasteiger partial charge in [-0.1, -0.05) is 29.7 Å². The van der Waals surface area contributed by atoms with Gasteiger partial charge < -0.3 is 19.1 Å². The van der Waals surface area contributed by atoms with E-state index in [4.69, 9.17) is 21.1 Å². The zero-order valence-corrected chi connectivity index (χ0v) is 22.9. The van der Waals surface area contributed by atoms with Crippen molar-refractivity contribution in [2.75, 3.05) is 13.7 Å². The predicted molar refractivity (Wildman–Crippen MR) is 150 cm³/mol. The molecule has 0 fully saturated rings. The maximum atomic E-state index is 13.1. The molecule has 4 aromatic rings. The third kappa shape index (κ3) is 6.92. The molecule has 2 N–H and O–H groups in total. The monoisotopic (exact) mass is 566 g/mol. The Morgan fingerprint density at radius 2 is 1.87 bits per heavy atom. The number of aromatic nitrogens is 1. The van der Waals surface area contributed by atoms with Crippen molar-refractivity contribution in [3.8, 4) is 23.3 Å². The number of carboxylic acids is 1. The Balaban J connectivity index is 1.60. The zero-order chi connectivity index (χ0) is 28.0. The van der Waals surface area contributed by atoms with Crippen LogP contribution in [0.15, 0.2) is 77.8 Å². The fourth-order valence-electron chi connectivity index (χ4n) is 4.17. The van der Waals surface area contributed by atoms with E-state index in [9.17, 15) is 18.3 Å². The smallest absolute Gasteiger partial charge is 0.322 e. The Bertz CT molecular complexity index is 1650. The predicted octanol–water partition coefficient (Wildman–Crippen LogP) is 4.73. The number of nitrogens with zero attached hydrogens (tertiary/aromatic N) is 1. The van der Waals surface area contributed by atoms with Gasteiger partial charge >= 0.3 is 5.97 Å². The number of aliphatic carboxylic acids is 1. The number of sulfonamides is 1. The molecular formula is C29H27ClN2O6S. The first-order valence-electron chi connectivity index (χ1n) is 12.0. The standard InChI is InChI=1S/C29H27ClN2O6S/c1-3-4-14-38-23-9-11-25(12-10-23)39(35,36)31-27(29(33)34)16-21-19-32(28-13-8-22(30)17-26(21)28)18-20-6-5-7-24(15-20)37-2/h5-13,15,17,19,27,31H,14,16,18H2,1-2H3,(H,33,34). The molecule has 0 bridgehead atoms. The highest BCUT2D eigenvalue weighted by atomic mass is 35.5. The number of carboxylic acid groups (broad SMARTS) is 1. The largest absolute Gasteiger partial charge is 0.497 e. The highest BCUT2D eigenvalue weighted by Gasteiger charge is 2.27. The van der Waals surface area contributed by atoms with E-state index in [2.05, 4.69) is 16.6 Å². The second-order valence-electron chi connectivity index (χ2n) is 8.70. The fraction of sp³-hybridized carbons (Fsp3) is 0.207. The summed E-state index contributed by atoms with van der Waals surface area (Å²) in [6, 6.07) is 17.3. The van der Waals surface area contributed by atoms with Crippen LogP contribution in [0, 0.1) is 11.8 Å². The maximum Gasteiger partial charge on any atom is 0.322 e. The minimum Gasteiger partial charge on any atom is -0.497 e. The lowest BCUT2D eigenvalue weighted by Crippen LogP contribution is -2.42. The van der Waals surface area contributed by atoms with Crippen molar-refractivity contribution in [2.45, 2.75) is 30.8 Å². The summed E-state index contributed by atoms with van der Waals surface area (Å²) in [5.74, 6) is 5.34. The van der Waals surface area contributed by atoms with Gasteiger partial charge in [0.05, 0.1) is 12.0 Å². The van der Waals surface area contributed by atoms with Crippen LogP contribution in [0.3, 0.4) is 0 Å². The lowest BCUT2D eigenvalue weighted by atomic mass is 10.1. The number of hydrogen-bond donors (Lipinski definition) is 2. The van der Waals surface area contributed by atoms with Gasteiger partial charge in [-0.25, -0.2) is 8.42 Å². The van der Waals surface area contributed by atoms with Gasteiger partial charge in [0.15, 0.2) is 0 Å². The van der Waals surface area contributed by atoms with Crippen LogP contribution in [-0.4, -0.2) is 43.8 Å². The molecular weight excluding hydrogens is 540 g/mol. The van der Waals surface area contributed by atoms with Crippen LogP contribution in [0.2, 0.25) is 5.02 Å². The Morgan fingerprint density at radius 1 is 1.10 bits per heavy atom. The molecule has 0 amide bonds. The number of halogens is 1. The van der Waals surface area contributed by atoms with E-state index in [1.54, 1.807) is 26.2 Å². The minimum absolute atomic E-state index is 0.0776. The molecule has 1 aromatic heterocycles. The third-order valence-corrected chi connectivity index (χ3v) is 7.78. The maximum absolute atomic E-state index is 13.1. The second-order valence-corrected chi connectivity index (χ2v) is 10.8. The first-order chi connectivity index (χ1) is 18.7. The Labute approximate surface area is 232 Å². The topological polar surface area (TPSA) is 107 Å². The van der Waals surface area contributed by atoms with Gasteiger partial charge in [0, 0.05) is 35.1 Å². The summed E-state index contributed by atoms with van der Waals surface area (Å²) in [7, 11) is -2.54. The Hall–Kier alpha value is -3.97. The van der Waals surface area contributed by atoms with Crippen LogP contribution >= 0.6 is 11.6 Å². The van der Waals surface area contributed by atoms with Crippen molar-refractivity contribution in [1.29, 1.82) is 0 Å². The number of ether oxygens (including phenoxy) is 2. The van der Waals surface area contributed by atoms with E-state index in [1.807, 2.05) is 41.1 Å². The van der Waals surface area contributed by atoms with Crippen molar-refractivity contribution in [1.82, 2.24) is 9.29 Å². The highest BCUT2D eigenvalue weighted by molar-refractivity contribution is 7.89. The molecule has 0 aliphatic carbocycles. The number of hydrogen-bond acceptors (Lipinski definition) is 5. The van der Waals surface area contributed by atoms with Crippen molar-refractivity contribution < 1.29 is 27.8 Å². The van der Waals surface area contributed by atoms with Crippen LogP contribution in [0.25, 0.3) is 10.9 Å². The molecule has 10 heteroatoms. The summed E-state index contributed by atoms with van der Waals surface area (Å²) in [5.41, 5.74) is 2.47. The number of carbonyl (C=O) groups is 1. The van der Waals surface area contributed by atoms with E-state index >= 15 is 0 Å². The molecule has 8 nitrogen and oxygen atoms in total. The fourth-order valence-corrected chi connectivity index (χ4v) is 5.53. The first kappa shape index (κ1) is 28.0. The number of nitrogens with one attached hydrogen (secondary N) is 1. The molecule has 3 aromatic carbocycles. The van der Waals surface area contributed by atoms with Gasteiger partial charge in [-0.05, 0) is 72.6 Å². The molecule has 0 saturated heterocycles. The number of rotatable bonds is 11. The average Bonchev–Trinajstić information content (AvgIpc) is 3.24. The molecule has 0 saturated carbocycles. The molecule has 0 spiro atoms. The van der Waals surface area contributed by atoms with Crippen molar-refractivity contribution >= 4 is 38.5 Å². The van der Waals surface area contributed by atoms with Crippen molar-refractivity contribution in [3.63, 3.8) is 0 Å². The van der Waals surface area contributed by atoms with E-state index in [0.717, 1.165) is 22.2 Å². The molecule has 1 unspecified atom stereocenters. The lowest BCUT2D eigenvalue weighted by molar-refractivity contribution is -0.138. The molecule has 0 aliphatic heterocycles. The first-order valence-corrected chi connectivity index (χ1v) is 13.8. The van der Waals surface area contributed by atoms with Crippen LogP contribution in [0.4, 0.5) is 0 Å². The van der Waals surface area contributed by atoms with E-state index in [0.29, 0.717) is 22.9 Å². The summed E-state index contributed by atoms with van der Waals surface area (Å²) in [6.45, 7) is 2.37. The summed E-state index contributed by atoms with van der Waals surface area (Å²) in [6.07, 6.45) is 1.74. The SMILES string of the molecule is CC#CCOc1ccc(S(=O)(=O)NC(Cc2cn(Cc3cccc(OC)c3)c3ccc(Cl)cc23)C(=O)O)cc1. The van der Waals surface area contributed by atoms with Gasteiger partial charge in [-0.3, -0.25) is 4.79 Å². The van der Waals surface area contributed by atoms with Crippen LogP contribution in [-0.2, 0) is 27.8 Å². The molecule has 1 heterocycles. The van der Waals surface area contributed by atoms with E-state index in [1.165, 1.54) is 24.3 Å². The quantitative estimate of drug-likeness (QED) is 0.254. The van der Waals surface area contributed by atoms with Gasteiger partial charge in [-0.2, -0.15) is 4.72 Å². The average molecular weight is 567 g/mol.